The van der Waals surface area contributed by atoms with Gasteiger partial charge in [0.05, 0.1) is 13.2 Å². The summed E-state index contributed by atoms with van der Waals surface area (Å²) in [6.07, 6.45) is 1.74. The molecule has 0 saturated carbocycles. The monoisotopic (exact) mass is 268 g/mol. The van der Waals surface area contributed by atoms with Gasteiger partial charge in [-0.1, -0.05) is 27.0 Å². The van der Waals surface area contributed by atoms with Crippen molar-refractivity contribution in [3.05, 3.63) is 24.3 Å². The minimum Gasteiger partial charge on any atom is -0.372 e. The molecule has 0 aliphatic heterocycles. The summed E-state index contributed by atoms with van der Waals surface area (Å²) < 4.78 is 5.24. The van der Waals surface area contributed by atoms with Gasteiger partial charge in [0.1, 0.15) is 0 Å². The Morgan fingerprint density at radius 1 is 0.895 bits per heavy atom. The van der Waals surface area contributed by atoms with Crippen molar-refractivity contribution in [2.24, 2.45) is 0 Å². The smallest absolute Gasteiger partial charge is 0.248 e. The second-order valence-corrected chi connectivity index (χ2v) is 4.21. The van der Waals surface area contributed by atoms with Gasteiger partial charge in [-0.05, 0) is 12.8 Å². The van der Waals surface area contributed by atoms with Crippen LogP contribution in [0.5, 0.6) is 0 Å². The molecule has 0 rings (SSSR count). The highest BCUT2D eigenvalue weighted by Crippen LogP contribution is 1.97. The Balaban J connectivity index is 3.83. The molecule has 0 heterocycles. The van der Waals surface area contributed by atoms with E-state index >= 15 is 0 Å². The Kier molecular flexibility index (Phi) is 9.44. The van der Waals surface area contributed by atoms with Crippen LogP contribution in [0.4, 0.5) is 0 Å². The van der Waals surface area contributed by atoms with E-state index in [1.807, 2.05) is 13.8 Å². The van der Waals surface area contributed by atoms with Crippen molar-refractivity contribution >= 4 is 11.8 Å². The van der Waals surface area contributed by atoms with E-state index in [2.05, 4.69) is 23.8 Å². The van der Waals surface area contributed by atoms with Crippen LogP contribution in [0.2, 0.25) is 0 Å². The molecule has 0 fully saturated rings. The summed E-state index contributed by atoms with van der Waals surface area (Å²) in [5.74, 6) is -0.439. The number of hydrogen-bond acceptors (Lipinski definition) is 3. The third-order valence-electron chi connectivity index (χ3n) is 2.27. The summed E-state index contributed by atoms with van der Waals surface area (Å²) in [5, 5.41) is 5.40. The molecule has 2 amide bonds. The molecule has 108 valence electrons. The number of amides is 2. The minimum absolute atomic E-state index is 0.0929. The Bertz CT molecular complexity index is 306. The molecule has 0 atom stereocenters. The summed E-state index contributed by atoms with van der Waals surface area (Å²) in [6, 6.07) is 0. The van der Waals surface area contributed by atoms with Crippen LogP contribution in [0.3, 0.4) is 0 Å². The first kappa shape index (κ1) is 17.4. The predicted octanol–water partition coefficient (Wildman–Crippen LogP) is 1.17. The van der Waals surface area contributed by atoms with Crippen LogP contribution >= 0.6 is 0 Å². The van der Waals surface area contributed by atoms with Gasteiger partial charge in [-0.25, -0.2) is 0 Å². The standard InChI is InChI=1S/C14H24N2O3/c1-5-7-15-13(17)11(3)9-19-10-12(4)14(18)16-8-6-2/h3-10H2,1-2H3,(H,15,17)(H,16,18). The van der Waals surface area contributed by atoms with Crippen LogP contribution in [0.15, 0.2) is 24.3 Å². The molecule has 2 N–H and O–H groups in total. The number of ether oxygens (including phenoxy) is 1. The van der Waals surface area contributed by atoms with Gasteiger partial charge < -0.3 is 15.4 Å². The summed E-state index contributed by atoms with van der Waals surface area (Å²) in [6.45, 7) is 12.6. The van der Waals surface area contributed by atoms with Crippen molar-refractivity contribution < 1.29 is 14.3 Å². The van der Waals surface area contributed by atoms with Gasteiger partial charge in [0.2, 0.25) is 11.8 Å². The van der Waals surface area contributed by atoms with E-state index in [1.54, 1.807) is 0 Å². The van der Waals surface area contributed by atoms with Crippen molar-refractivity contribution in [2.75, 3.05) is 26.3 Å². The Morgan fingerprint density at radius 2 is 1.26 bits per heavy atom. The molecule has 0 aromatic rings. The van der Waals surface area contributed by atoms with Crippen molar-refractivity contribution in [2.45, 2.75) is 26.7 Å². The number of hydrogen-bond donors (Lipinski definition) is 2. The lowest BCUT2D eigenvalue weighted by molar-refractivity contribution is -0.118. The van der Waals surface area contributed by atoms with Crippen molar-refractivity contribution in [1.29, 1.82) is 0 Å². The van der Waals surface area contributed by atoms with Gasteiger partial charge in [0.25, 0.3) is 0 Å². The maximum absolute atomic E-state index is 11.5. The Labute approximate surface area is 115 Å². The van der Waals surface area contributed by atoms with Crippen LogP contribution < -0.4 is 10.6 Å². The quantitative estimate of drug-likeness (QED) is 0.584. The topological polar surface area (TPSA) is 67.4 Å². The average molecular weight is 268 g/mol. The molecule has 0 unspecified atom stereocenters. The fraction of sp³-hybridized carbons (Fsp3) is 0.571. The lowest BCUT2D eigenvalue weighted by Gasteiger charge is -2.09. The number of carbonyl (C=O) groups is 2. The lowest BCUT2D eigenvalue weighted by atomic mass is 10.3. The fourth-order valence-electron chi connectivity index (χ4n) is 1.16. The summed E-state index contributed by atoms with van der Waals surface area (Å²) in [4.78, 5) is 22.9. The third kappa shape index (κ3) is 8.15. The zero-order chi connectivity index (χ0) is 14.7. The fourth-order valence-corrected chi connectivity index (χ4v) is 1.16. The highest BCUT2D eigenvalue weighted by atomic mass is 16.5. The van der Waals surface area contributed by atoms with Crippen molar-refractivity contribution in [1.82, 2.24) is 10.6 Å². The molecular formula is C14H24N2O3. The first-order valence-electron chi connectivity index (χ1n) is 6.52. The molecule has 0 aliphatic rings. The lowest BCUT2D eigenvalue weighted by Crippen LogP contribution is -2.29. The summed E-state index contributed by atoms with van der Waals surface area (Å²) in [7, 11) is 0. The molecule has 0 aromatic carbocycles. The second-order valence-electron chi connectivity index (χ2n) is 4.21. The Hall–Kier alpha value is -1.62. The molecule has 0 radical (unpaired) electrons. The van der Waals surface area contributed by atoms with Crippen LogP contribution in [-0.4, -0.2) is 38.1 Å². The van der Waals surface area contributed by atoms with Gasteiger partial charge in [0.15, 0.2) is 0 Å². The van der Waals surface area contributed by atoms with E-state index in [0.29, 0.717) is 24.2 Å². The van der Waals surface area contributed by atoms with E-state index in [-0.39, 0.29) is 25.0 Å². The zero-order valence-electron chi connectivity index (χ0n) is 11.9. The highest BCUT2D eigenvalue weighted by Gasteiger charge is 2.09. The number of nitrogens with one attached hydrogen (secondary N) is 2. The summed E-state index contributed by atoms with van der Waals surface area (Å²) in [5.41, 5.74) is 0.686. The van der Waals surface area contributed by atoms with Crippen molar-refractivity contribution in [3.63, 3.8) is 0 Å². The number of rotatable bonds is 10. The normalized spacial score (nSPS) is 9.79. The van der Waals surface area contributed by atoms with Gasteiger partial charge in [-0.3, -0.25) is 9.59 Å². The molecule has 0 spiro atoms. The average Bonchev–Trinajstić information content (AvgIpc) is 2.41. The highest BCUT2D eigenvalue weighted by molar-refractivity contribution is 5.93. The molecule has 19 heavy (non-hydrogen) atoms. The van der Waals surface area contributed by atoms with Crippen LogP contribution in [0.25, 0.3) is 0 Å². The van der Waals surface area contributed by atoms with E-state index < -0.39 is 0 Å². The van der Waals surface area contributed by atoms with Crippen molar-refractivity contribution in [3.8, 4) is 0 Å². The van der Waals surface area contributed by atoms with Gasteiger partial charge >= 0.3 is 0 Å². The minimum atomic E-state index is -0.220. The van der Waals surface area contributed by atoms with Gasteiger partial charge in [-0.2, -0.15) is 0 Å². The Morgan fingerprint density at radius 3 is 1.58 bits per heavy atom. The maximum atomic E-state index is 11.5. The molecule has 0 saturated heterocycles. The van der Waals surface area contributed by atoms with Gasteiger partial charge in [0, 0.05) is 24.2 Å². The van der Waals surface area contributed by atoms with Crippen LogP contribution in [0.1, 0.15) is 26.7 Å². The molecular weight excluding hydrogens is 244 g/mol. The first-order chi connectivity index (χ1) is 9.02. The number of carbonyl (C=O) groups excluding carboxylic acids is 2. The van der Waals surface area contributed by atoms with E-state index in [0.717, 1.165) is 12.8 Å². The first-order valence-corrected chi connectivity index (χ1v) is 6.52. The molecule has 0 aliphatic carbocycles. The molecule has 0 bridgehead atoms. The van der Waals surface area contributed by atoms with Gasteiger partial charge in [-0.15, -0.1) is 0 Å². The summed E-state index contributed by atoms with van der Waals surface area (Å²) >= 11 is 0. The maximum Gasteiger partial charge on any atom is 0.248 e. The molecule has 0 aromatic heterocycles. The van der Waals surface area contributed by atoms with E-state index in [1.165, 1.54) is 0 Å². The third-order valence-corrected chi connectivity index (χ3v) is 2.27. The van der Waals surface area contributed by atoms with E-state index in [9.17, 15) is 9.59 Å². The zero-order valence-corrected chi connectivity index (χ0v) is 11.9. The predicted molar refractivity (Wildman–Crippen MR) is 75.7 cm³/mol. The molecule has 5 heteroatoms. The second kappa shape index (κ2) is 10.3. The van der Waals surface area contributed by atoms with Crippen LogP contribution in [0, 0.1) is 0 Å². The SMILES string of the molecule is C=C(COCC(=C)C(=O)NCCC)C(=O)NCCC. The van der Waals surface area contributed by atoms with E-state index in [4.69, 9.17) is 4.74 Å². The molecule has 5 nitrogen and oxygen atoms in total. The largest absolute Gasteiger partial charge is 0.372 e. The van der Waals surface area contributed by atoms with Crippen LogP contribution in [-0.2, 0) is 14.3 Å².